The Morgan fingerprint density at radius 3 is 2.75 bits per heavy atom. The van der Waals surface area contributed by atoms with Crippen LogP contribution in [0, 0.1) is 5.41 Å². The second kappa shape index (κ2) is 7.86. The number of aromatic nitrogens is 1. The summed E-state index contributed by atoms with van der Waals surface area (Å²) < 4.78 is 5.83. The minimum Gasteiger partial charge on any atom is -0.494 e. The minimum atomic E-state index is -0.144. The predicted molar refractivity (Wildman–Crippen MR) is 96.8 cm³/mol. The molecule has 1 aromatic heterocycles. The van der Waals surface area contributed by atoms with Crippen LogP contribution in [-0.4, -0.2) is 36.4 Å². The molecule has 128 valence electrons. The van der Waals surface area contributed by atoms with E-state index in [9.17, 15) is 5.11 Å². The molecule has 0 saturated carbocycles. The van der Waals surface area contributed by atoms with Crippen LogP contribution in [-0.2, 0) is 0 Å². The highest BCUT2D eigenvalue weighted by atomic mass is 35.5. The average molecular weight is 347 g/mol. The topological polar surface area (TPSA) is 45.6 Å². The van der Waals surface area contributed by atoms with Crippen molar-refractivity contribution in [1.29, 1.82) is 0 Å². The molecule has 0 amide bonds. The standard InChI is InChI=1S/C19H23ClN2O2/c20-16-7-8-18(21-13-16)22-11-4-9-19(14-22,15-23)10-12-24-17-5-2-1-3-6-17/h1-3,5-8,13,23H,4,9-12,14-15H2/t19-/m0/s1. The molecule has 3 rings (SSSR count). The van der Waals surface area contributed by atoms with Crippen molar-refractivity contribution in [1.82, 2.24) is 4.98 Å². The summed E-state index contributed by atoms with van der Waals surface area (Å²) in [7, 11) is 0. The largest absolute Gasteiger partial charge is 0.494 e. The van der Waals surface area contributed by atoms with Gasteiger partial charge in [0.2, 0.25) is 0 Å². The molecule has 1 N–H and O–H groups in total. The SMILES string of the molecule is OC[C@]1(CCOc2ccccc2)CCCN(c2ccc(Cl)cn2)C1. The Labute approximate surface area is 148 Å². The van der Waals surface area contributed by atoms with Crippen LogP contribution in [0.1, 0.15) is 19.3 Å². The molecule has 5 heteroatoms. The van der Waals surface area contributed by atoms with E-state index in [-0.39, 0.29) is 12.0 Å². The third-order valence-corrected chi connectivity index (χ3v) is 4.90. The number of ether oxygens (including phenoxy) is 1. The van der Waals surface area contributed by atoms with Gasteiger partial charge in [0.25, 0.3) is 0 Å². The van der Waals surface area contributed by atoms with Crippen LogP contribution in [0.2, 0.25) is 5.02 Å². The summed E-state index contributed by atoms with van der Waals surface area (Å²) in [6.45, 7) is 2.51. The molecule has 2 aromatic rings. The molecule has 0 unspecified atom stereocenters. The van der Waals surface area contributed by atoms with Crippen LogP contribution in [0.5, 0.6) is 5.75 Å². The van der Waals surface area contributed by atoms with Gasteiger partial charge in [0.15, 0.2) is 0 Å². The van der Waals surface area contributed by atoms with Crippen LogP contribution >= 0.6 is 11.6 Å². The van der Waals surface area contributed by atoms with Crippen molar-refractivity contribution >= 4 is 17.4 Å². The zero-order chi connectivity index (χ0) is 16.8. The highest BCUT2D eigenvalue weighted by Crippen LogP contribution is 2.35. The lowest BCUT2D eigenvalue weighted by molar-refractivity contribution is 0.0792. The number of aliphatic hydroxyl groups is 1. The van der Waals surface area contributed by atoms with Gasteiger partial charge in [-0.1, -0.05) is 29.8 Å². The summed E-state index contributed by atoms with van der Waals surface area (Å²) in [4.78, 5) is 6.65. The Hall–Kier alpha value is -1.78. The van der Waals surface area contributed by atoms with Crippen molar-refractivity contribution in [3.63, 3.8) is 0 Å². The van der Waals surface area contributed by atoms with Crippen molar-refractivity contribution in [2.24, 2.45) is 5.41 Å². The molecule has 0 spiro atoms. The second-order valence-corrected chi connectivity index (χ2v) is 6.87. The lowest BCUT2D eigenvalue weighted by atomic mass is 9.78. The number of piperidine rings is 1. The van der Waals surface area contributed by atoms with Gasteiger partial charge in [-0.05, 0) is 43.5 Å². The van der Waals surface area contributed by atoms with E-state index in [0.717, 1.165) is 43.9 Å². The van der Waals surface area contributed by atoms with Gasteiger partial charge in [-0.2, -0.15) is 0 Å². The predicted octanol–water partition coefficient (Wildman–Crippen LogP) is 3.78. The van der Waals surface area contributed by atoms with E-state index in [2.05, 4.69) is 9.88 Å². The van der Waals surface area contributed by atoms with Crippen molar-refractivity contribution in [2.75, 3.05) is 31.2 Å². The molecule has 1 fully saturated rings. The van der Waals surface area contributed by atoms with Gasteiger partial charge in [-0.15, -0.1) is 0 Å². The molecule has 1 saturated heterocycles. The van der Waals surface area contributed by atoms with E-state index < -0.39 is 0 Å². The van der Waals surface area contributed by atoms with Gasteiger partial charge in [0.05, 0.1) is 18.2 Å². The Morgan fingerprint density at radius 1 is 1.21 bits per heavy atom. The number of rotatable bonds is 6. The number of nitrogens with zero attached hydrogens (tertiary/aromatic N) is 2. The van der Waals surface area contributed by atoms with Crippen molar-refractivity contribution < 1.29 is 9.84 Å². The lowest BCUT2D eigenvalue weighted by Crippen LogP contribution is -2.46. The van der Waals surface area contributed by atoms with E-state index in [1.165, 1.54) is 0 Å². The minimum absolute atomic E-state index is 0.144. The Bertz CT molecular complexity index is 636. The second-order valence-electron chi connectivity index (χ2n) is 6.43. The first-order chi connectivity index (χ1) is 11.7. The van der Waals surface area contributed by atoms with Gasteiger partial charge in [-0.3, -0.25) is 0 Å². The van der Waals surface area contributed by atoms with Crippen molar-refractivity contribution in [3.8, 4) is 5.75 Å². The first-order valence-corrected chi connectivity index (χ1v) is 8.74. The first-order valence-electron chi connectivity index (χ1n) is 8.36. The molecule has 0 bridgehead atoms. The smallest absolute Gasteiger partial charge is 0.128 e. The van der Waals surface area contributed by atoms with E-state index in [4.69, 9.17) is 16.3 Å². The Morgan fingerprint density at radius 2 is 2.04 bits per heavy atom. The zero-order valence-corrected chi connectivity index (χ0v) is 14.5. The third kappa shape index (κ3) is 4.19. The summed E-state index contributed by atoms with van der Waals surface area (Å²) in [5.41, 5.74) is -0.144. The summed E-state index contributed by atoms with van der Waals surface area (Å²) in [5, 5.41) is 10.7. The van der Waals surface area contributed by atoms with Gasteiger partial charge in [-0.25, -0.2) is 4.98 Å². The van der Waals surface area contributed by atoms with Crippen LogP contribution in [0.25, 0.3) is 0 Å². The first kappa shape index (κ1) is 17.1. The number of para-hydroxylation sites is 1. The van der Waals surface area contributed by atoms with E-state index in [1.54, 1.807) is 6.20 Å². The van der Waals surface area contributed by atoms with Gasteiger partial charge in [0, 0.05) is 24.7 Å². The molecule has 1 aliphatic rings. The van der Waals surface area contributed by atoms with Crippen LogP contribution in [0.15, 0.2) is 48.7 Å². The molecule has 1 aliphatic heterocycles. The van der Waals surface area contributed by atoms with Crippen LogP contribution in [0.3, 0.4) is 0 Å². The zero-order valence-electron chi connectivity index (χ0n) is 13.7. The van der Waals surface area contributed by atoms with E-state index >= 15 is 0 Å². The van der Waals surface area contributed by atoms with E-state index in [0.29, 0.717) is 11.6 Å². The number of benzene rings is 1. The summed E-state index contributed by atoms with van der Waals surface area (Å²) in [6.07, 6.45) is 4.54. The summed E-state index contributed by atoms with van der Waals surface area (Å²) >= 11 is 5.92. The molecular formula is C19H23ClN2O2. The fourth-order valence-corrected chi connectivity index (χ4v) is 3.38. The Balaban J connectivity index is 1.62. The van der Waals surface area contributed by atoms with Crippen molar-refractivity contribution in [3.05, 3.63) is 53.7 Å². The molecule has 1 atom stereocenters. The van der Waals surface area contributed by atoms with Gasteiger partial charge in [0.1, 0.15) is 11.6 Å². The fourth-order valence-electron chi connectivity index (χ4n) is 3.27. The van der Waals surface area contributed by atoms with Crippen LogP contribution < -0.4 is 9.64 Å². The van der Waals surface area contributed by atoms with Crippen LogP contribution in [0.4, 0.5) is 5.82 Å². The number of hydrogen-bond donors (Lipinski definition) is 1. The van der Waals surface area contributed by atoms with Gasteiger partial charge >= 0.3 is 0 Å². The molecule has 4 nitrogen and oxygen atoms in total. The maximum Gasteiger partial charge on any atom is 0.128 e. The number of anilines is 1. The van der Waals surface area contributed by atoms with E-state index in [1.807, 2.05) is 42.5 Å². The maximum absolute atomic E-state index is 10.0. The normalized spacial score (nSPS) is 20.8. The lowest BCUT2D eigenvalue weighted by Gasteiger charge is -2.42. The molecule has 1 aromatic carbocycles. The fraction of sp³-hybridized carbons (Fsp3) is 0.421. The molecule has 2 heterocycles. The quantitative estimate of drug-likeness (QED) is 0.864. The monoisotopic (exact) mass is 346 g/mol. The number of halogens is 1. The maximum atomic E-state index is 10.0. The molecular weight excluding hydrogens is 324 g/mol. The summed E-state index contributed by atoms with van der Waals surface area (Å²) in [6, 6.07) is 13.6. The number of aliphatic hydroxyl groups excluding tert-OH is 1. The highest BCUT2D eigenvalue weighted by molar-refractivity contribution is 6.30. The number of hydrogen-bond acceptors (Lipinski definition) is 4. The summed E-state index contributed by atoms with van der Waals surface area (Å²) in [5.74, 6) is 1.79. The molecule has 0 aliphatic carbocycles. The average Bonchev–Trinajstić information content (AvgIpc) is 2.63. The van der Waals surface area contributed by atoms with Crippen molar-refractivity contribution in [2.45, 2.75) is 19.3 Å². The highest BCUT2D eigenvalue weighted by Gasteiger charge is 2.35. The third-order valence-electron chi connectivity index (χ3n) is 4.68. The van der Waals surface area contributed by atoms with Gasteiger partial charge < -0.3 is 14.7 Å². The molecule has 24 heavy (non-hydrogen) atoms. The Kier molecular flexibility index (Phi) is 5.59. The molecule has 0 radical (unpaired) electrons. The number of pyridine rings is 1.